The number of aromatic hydroxyl groups is 1. The fourth-order valence-corrected chi connectivity index (χ4v) is 2.22. The summed E-state index contributed by atoms with van der Waals surface area (Å²) in [6.45, 7) is 4.08. The Hall–Kier alpha value is -2.08. The highest BCUT2D eigenvalue weighted by Crippen LogP contribution is 2.32. The van der Waals surface area contributed by atoms with Crippen LogP contribution in [0.4, 0.5) is 0 Å². The highest BCUT2D eigenvalue weighted by atomic mass is 16.5. The summed E-state index contributed by atoms with van der Waals surface area (Å²) in [7, 11) is 1.51. The van der Waals surface area contributed by atoms with Gasteiger partial charge in [0.15, 0.2) is 11.5 Å². The molecule has 1 saturated heterocycles. The molecule has 0 amide bonds. The zero-order valence-corrected chi connectivity index (χ0v) is 11.5. The predicted octanol–water partition coefficient (Wildman–Crippen LogP) is 1.77. The molecule has 0 spiro atoms. The molecule has 2 N–H and O–H groups in total. The molecular weight excluding hydrogens is 258 g/mol. The lowest BCUT2D eigenvalue weighted by molar-refractivity contribution is 0.252. The van der Waals surface area contributed by atoms with Crippen LogP contribution in [0, 0.1) is 5.92 Å². The summed E-state index contributed by atoms with van der Waals surface area (Å²) in [5.41, 5.74) is 0.758. The van der Waals surface area contributed by atoms with E-state index in [0.29, 0.717) is 23.4 Å². The zero-order valence-electron chi connectivity index (χ0n) is 11.5. The van der Waals surface area contributed by atoms with Crippen LogP contribution < -0.4 is 10.1 Å². The first kappa shape index (κ1) is 12.9. The van der Waals surface area contributed by atoms with Gasteiger partial charge >= 0.3 is 0 Å². The second-order valence-corrected chi connectivity index (χ2v) is 5.05. The summed E-state index contributed by atoms with van der Waals surface area (Å²) < 4.78 is 10.4. The molecule has 6 nitrogen and oxygen atoms in total. The minimum atomic E-state index is 0.0916. The standard InChI is InChI=1S/C14H17N3O3/c1-8(10-6-15-7-10)14-16-13(17-20-14)9-3-4-11(18)12(5-9)19-2/h3-5,8,10,15,18H,6-7H2,1-2H3. The van der Waals surface area contributed by atoms with E-state index < -0.39 is 0 Å². The second kappa shape index (κ2) is 5.13. The molecule has 1 unspecified atom stereocenters. The van der Waals surface area contributed by atoms with Crippen LogP contribution in [0.1, 0.15) is 18.7 Å². The third-order valence-corrected chi connectivity index (χ3v) is 3.79. The molecule has 106 valence electrons. The fourth-order valence-electron chi connectivity index (χ4n) is 2.22. The maximum Gasteiger partial charge on any atom is 0.230 e. The number of aromatic nitrogens is 2. The third-order valence-electron chi connectivity index (χ3n) is 3.79. The molecule has 6 heteroatoms. The van der Waals surface area contributed by atoms with Crippen LogP contribution in [-0.2, 0) is 0 Å². The Morgan fingerprint density at radius 2 is 2.25 bits per heavy atom. The van der Waals surface area contributed by atoms with Crippen molar-refractivity contribution in [2.45, 2.75) is 12.8 Å². The number of benzene rings is 1. The number of phenols is 1. The van der Waals surface area contributed by atoms with Crippen molar-refractivity contribution in [1.29, 1.82) is 0 Å². The largest absolute Gasteiger partial charge is 0.504 e. The van der Waals surface area contributed by atoms with Crippen molar-refractivity contribution >= 4 is 0 Å². The van der Waals surface area contributed by atoms with Gasteiger partial charge in [-0.3, -0.25) is 0 Å². The maximum atomic E-state index is 9.59. The summed E-state index contributed by atoms with van der Waals surface area (Å²) in [6, 6.07) is 4.99. The Kier molecular flexibility index (Phi) is 3.31. The number of hydrogen-bond acceptors (Lipinski definition) is 6. The lowest BCUT2D eigenvalue weighted by atomic mass is 9.89. The minimum absolute atomic E-state index is 0.0916. The van der Waals surface area contributed by atoms with E-state index in [0.717, 1.165) is 18.7 Å². The number of rotatable bonds is 4. The molecule has 3 rings (SSSR count). The van der Waals surface area contributed by atoms with Gasteiger partial charge in [0.2, 0.25) is 11.7 Å². The molecule has 0 radical (unpaired) electrons. The van der Waals surface area contributed by atoms with Crippen molar-refractivity contribution in [2.75, 3.05) is 20.2 Å². The molecule has 0 aliphatic carbocycles. The van der Waals surface area contributed by atoms with Crippen LogP contribution in [0.2, 0.25) is 0 Å². The van der Waals surface area contributed by atoms with Crippen LogP contribution >= 0.6 is 0 Å². The summed E-state index contributed by atoms with van der Waals surface area (Å²) in [5, 5.41) is 16.8. The molecule has 1 atom stereocenters. The van der Waals surface area contributed by atoms with Gasteiger partial charge in [-0.25, -0.2) is 0 Å². The summed E-state index contributed by atoms with van der Waals surface area (Å²) in [4.78, 5) is 4.45. The Bertz CT molecular complexity index is 607. The number of nitrogens with zero attached hydrogens (tertiary/aromatic N) is 2. The molecule has 1 aromatic heterocycles. The fraction of sp³-hybridized carbons (Fsp3) is 0.429. The van der Waals surface area contributed by atoms with E-state index in [-0.39, 0.29) is 11.7 Å². The summed E-state index contributed by atoms with van der Waals surface area (Å²) in [6.07, 6.45) is 0. The van der Waals surface area contributed by atoms with Crippen molar-refractivity contribution in [3.05, 3.63) is 24.1 Å². The zero-order chi connectivity index (χ0) is 14.1. The third kappa shape index (κ3) is 2.22. The number of phenolic OH excluding ortho intramolecular Hbond substituents is 1. The molecule has 1 fully saturated rings. The molecular formula is C14H17N3O3. The molecule has 2 aromatic rings. The van der Waals surface area contributed by atoms with Crippen LogP contribution in [0.3, 0.4) is 0 Å². The molecule has 1 aliphatic heterocycles. The van der Waals surface area contributed by atoms with Gasteiger partial charge in [0.25, 0.3) is 0 Å². The van der Waals surface area contributed by atoms with Crippen LogP contribution in [0.25, 0.3) is 11.4 Å². The van der Waals surface area contributed by atoms with Gasteiger partial charge in [0, 0.05) is 11.5 Å². The van der Waals surface area contributed by atoms with E-state index in [1.807, 2.05) is 0 Å². The highest BCUT2D eigenvalue weighted by Gasteiger charge is 2.28. The Morgan fingerprint density at radius 1 is 1.45 bits per heavy atom. The smallest absolute Gasteiger partial charge is 0.230 e. The van der Waals surface area contributed by atoms with Crippen molar-refractivity contribution in [1.82, 2.24) is 15.5 Å². The quantitative estimate of drug-likeness (QED) is 0.885. The SMILES string of the molecule is COc1cc(-c2noc(C(C)C3CNC3)n2)ccc1O. The van der Waals surface area contributed by atoms with E-state index in [1.165, 1.54) is 7.11 Å². The van der Waals surface area contributed by atoms with Crippen LogP contribution in [-0.4, -0.2) is 35.4 Å². The molecule has 1 aromatic carbocycles. The van der Waals surface area contributed by atoms with Gasteiger partial charge in [0.1, 0.15) is 0 Å². The lowest BCUT2D eigenvalue weighted by Gasteiger charge is -2.30. The van der Waals surface area contributed by atoms with E-state index >= 15 is 0 Å². The Balaban J connectivity index is 1.85. The van der Waals surface area contributed by atoms with Crippen LogP contribution in [0.5, 0.6) is 11.5 Å². The maximum absolute atomic E-state index is 9.59. The van der Waals surface area contributed by atoms with E-state index in [1.54, 1.807) is 18.2 Å². The molecule has 0 saturated carbocycles. The predicted molar refractivity (Wildman–Crippen MR) is 72.7 cm³/mol. The summed E-state index contributed by atoms with van der Waals surface area (Å²) in [5.74, 6) is 2.45. The van der Waals surface area contributed by atoms with Gasteiger partial charge < -0.3 is 19.7 Å². The number of nitrogens with one attached hydrogen (secondary N) is 1. The molecule has 1 aliphatic rings. The molecule has 0 bridgehead atoms. The molecule has 2 heterocycles. The van der Waals surface area contributed by atoms with Gasteiger partial charge in [-0.1, -0.05) is 12.1 Å². The number of ether oxygens (including phenoxy) is 1. The monoisotopic (exact) mass is 275 g/mol. The van der Waals surface area contributed by atoms with Gasteiger partial charge in [-0.05, 0) is 37.2 Å². The Morgan fingerprint density at radius 3 is 2.90 bits per heavy atom. The normalized spacial score (nSPS) is 16.7. The average molecular weight is 275 g/mol. The van der Waals surface area contributed by atoms with Crippen molar-refractivity contribution in [3.63, 3.8) is 0 Å². The lowest BCUT2D eigenvalue weighted by Crippen LogP contribution is -2.44. The van der Waals surface area contributed by atoms with Crippen molar-refractivity contribution in [3.8, 4) is 22.9 Å². The number of hydrogen-bond donors (Lipinski definition) is 2. The van der Waals surface area contributed by atoms with Crippen molar-refractivity contribution in [2.24, 2.45) is 5.92 Å². The highest BCUT2D eigenvalue weighted by molar-refractivity contribution is 5.60. The minimum Gasteiger partial charge on any atom is -0.504 e. The first-order valence-electron chi connectivity index (χ1n) is 6.60. The first-order valence-corrected chi connectivity index (χ1v) is 6.60. The topological polar surface area (TPSA) is 80.4 Å². The molecule has 20 heavy (non-hydrogen) atoms. The van der Waals surface area contributed by atoms with Crippen molar-refractivity contribution < 1.29 is 14.4 Å². The second-order valence-electron chi connectivity index (χ2n) is 5.05. The van der Waals surface area contributed by atoms with Gasteiger partial charge in [-0.2, -0.15) is 4.98 Å². The van der Waals surface area contributed by atoms with E-state index in [4.69, 9.17) is 9.26 Å². The average Bonchev–Trinajstić information content (AvgIpc) is 2.87. The van der Waals surface area contributed by atoms with Gasteiger partial charge in [-0.15, -0.1) is 0 Å². The Labute approximate surface area is 116 Å². The van der Waals surface area contributed by atoms with Crippen LogP contribution in [0.15, 0.2) is 22.7 Å². The summed E-state index contributed by atoms with van der Waals surface area (Å²) >= 11 is 0. The number of methoxy groups -OCH3 is 1. The van der Waals surface area contributed by atoms with E-state index in [9.17, 15) is 5.11 Å². The van der Waals surface area contributed by atoms with E-state index in [2.05, 4.69) is 22.4 Å². The van der Waals surface area contributed by atoms with Gasteiger partial charge in [0.05, 0.1) is 7.11 Å². The first-order chi connectivity index (χ1) is 9.69.